The quantitative estimate of drug-likeness (QED) is 0.610. The number of methoxy groups -OCH3 is 1. The largest absolute Gasteiger partial charge is 0.497 e. The number of carbonyl (C=O) groups is 2. The second kappa shape index (κ2) is 9.73. The van der Waals surface area contributed by atoms with Crippen LogP contribution in [0.3, 0.4) is 0 Å². The van der Waals surface area contributed by atoms with E-state index >= 15 is 0 Å². The number of anilines is 1. The lowest BCUT2D eigenvalue weighted by Gasteiger charge is -2.18. The van der Waals surface area contributed by atoms with Gasteiger partial charge in [-0.2, -0.15) is 4.72 Å². The van der Waals surface area contributed by atoms with E-state index in [4.69, 9.17) is 21.1 Å². The van der Waals surface area contributed by atoms with Gasteiger partial charge in [0.25, 0.3) is 5.91 Å². The smallest absolute Gasteiger partial charge is 0.324 e. The molecule has 2 aromatic rings. The Labute approximate surface area is 174 Å². The maximum Gasteiger partial charge on any atom is 0.324 e. The molecule has 156 valence electrons. The highest BCUT2D eigenvalue weighted by Gasteiger charge is 2.26. The van der Waals surface area contributed by atoms with Crippen LogP contribution in [0.15, 0.2) is 53.4 Å². The minimum absolute atomic E-state index is 0.0373. The van der Waals surface area contributed by atoms with Crippen molar-refractivity contribution in [2.24, 2.45) is 0 Å². The second-order valence-electron chi connectivity index (χ2n) is 6.10. The van der Waals surface area contributed by atoms with Gasteiger partial charge >= 0.3 is 5.97 Å². The molecule has 8 nitrogen and oxygen atoms in total. The summed E-state index contributed by atoms with van der Waals surface area (Å²) in [5.41, 5.74) is 0.443. The van der Waals surface area contributed by atoms with E-state index in [1.807, 2.05) is 0 Å². The maximum absolute atomic E-state index is 12.4. The lowest BCUT2D eigenvalue weighted by molar-refractivity contribution is -0.154. The third kappa shape index (κ3) is 6.45. The highest BCUT2D eigenvalue weighted by molar-refractivity contribution is 7.89. The van der Waals surface area contributed by atoms with Gasteiger partial charge in [-0.05, 0) is 56.3 Å². The molecule has 29 heavy (non-hydrogen) atoms. The van der Waals surface area contributed by atoms with Crippen molar-refractivity contribution >= 4 is 39.2 Å². The Hall–Kier alpha value is -2.62. The van der Waals surface area contributed by atoms with Crippen LogP contribution in [0.25, 0.3) is 0 Å². The second-order valence-corrected chi connectivity index (χ2v) is 8.25. The van der Waals surface area contributed by atoms with Gasteiger partial charge in [0, 0.05) is 10.7 Å². The van der Waals surface area contributed by atoms with Gasteiger partial charge in [-0.1, -0.05) is 17.7 Å². The van der Waals surface area contributed by atoms with Gasteiger partial charge in [-0.25, -0.2) is 8.42 Å². The summed E-state index contributed by atoms with van der Waals surface area (Å²) in [4.78, 5) is 24.3. The van der Waals surface area contributed by atoms with Crippen molar-refractivity contribution in [3.8, 4) is 5.75 Å². The van der Waals surface area contributed by atoms with Gasteiger partial charge in [0.05, 0.1) is 12.0 Å². The van der Waals surface area contributed by atoms with Crippen LogP contribution in [-0.4, -0.2) is 39.5 Å². The Morgan fingerprint density at radius 3 is 2.31 bits per heavy atom. The number of halogens is 1. The van der Waals surface area contributed by atoms with Crippen LogP contribution >= 0.6 is 11.6 Å². The van der Waals surface area contributed by atoms with Crippen LogP contribution in [0.1, 0.15) is 13.8 Å². The van der Waals surface area contributed by atoms with Gasteiger partial charge < -0.3 is 14.8 Å². The molecule has 0 saturated heterocycles. The average Bonchev–Trinajstić information content (AvgIpc) is 2.67. The van der Waals surface area contributed by atoms with Crippen molar-refractivity contribution in [1.82, 2.24) is 4.72 Å². The Morgan fingerprint density at radius 2 is 1.72 bits per heavy atom. The molecule has 2 unspecified atom stereocenters. The summed E-state index contributed by atoms with van der Waals surface area (Å²) in [6, 6.07) is 10.9. The number of carbonyl (C=O) groups excluding carboxylic acids is 2. The maximum atomic E-state index is 12.4. The zero-order valence-corrected chi connectivity index (χ0v) is 17.6. The summed E-state index contributed by atoms with van der Waals surface area (Å²) in [6.07, 6.45) is -1.14. The molecule has 2 atom stereocenters. The molecular weight excluding hydrogens is 420 g/mol. The van der Waals surface area contributed by atoms with E-state index in [2.05, 4.69) is 10.0 Å². The van der Waals surface area contributed by atoms with E-state index in [1.165, 1.54) is 45.2 Å². The zero-order valence-electron chi connectivity index (χ0n) is 16.0. The molecule has 2 N–H and O–H groups in total. The van der Waals surface area contributed by atoms with E-state index in [0.717, 1.165) is 0 Å². The minimum atomic E-state index is -3.96. The van der Waals surface area contributed by atoms with Gasteiger partial charge in [0.1, 0.15) is 11.8 Å². The molecule has 0 bridgehead atoms. The Balaban J connectivity index is 1.95. The topological polar surface area (TPSA) is 111 Å². The molecule has 0 aliphatic heterocycles. The molecule has 0 aliphatic rings. The standard InChI is InChI=1S/C19H21ClN2O6S/c1-12(22-29(25,26)17-9-7-16(27-3)8-10-17)19(24)28-13(2)18(23)21-15-6-4-5-14(20)11-15/h4-13,22H,1-3H3,(H,21,23). The van der Waals surface area contributed by atoms with Gasteiger partial charge in [0.2, 0.25) is 10.0 Å². The van der Waals surface area contributed by atoms with E-state index in [-0.39, 0.29) is 4.90 Å². The van der Waals surface area contributed by atoms with Crippen molar-refractivity contribution in [3.05, 3.63) is 53.6 Å². The Morgan fingerprint density at radius 1 is 1.07 bits per heavy atom. The summed E-state index contributed by atoms with van der Waals surface area (Å²) in [7, 11) is -2.50. The van der Waals surface area contributed by atoms with Crippen molar-refractivity contribution in [3.63, 3.8) is 0 Å². The molecule has 1 amide bonds. The van der Waals surface area contributed by atoms with Crippen LogP contribution in [0.4, 0.5) is 5.69 Å². The van der Waals surface area contributed by atoms with Gasteiger partial charge in [0.15, 0.2) is 6.10 Å². The molecule has 0 radical (unpaired) electrons. The molecule has 0 heterocycles. The normalized spacial score (nSPS) is 13.2. The summed E-state index contributed by atoms with van der Waals surface area (Å²) in [5, 5.41) is 3.00. The first-order valence-corrected chi connectivity index (χ1v) is 10.4. The number of sulfonamides is 1. The lowest BCUT2D eigenvalue weighted by Crippen LogP contribution is -2.42. The fourth-order valence-electron chi connectivity index (χ4n) is 2.24. The number of rotatable bonds is 8. The first-order valence-electron chi connectivity index (χ1n) is 8.55. The van der Waals surface area contributed by atoms with Crippen molar-refractivity contribution in [2.75, 3.05) is 12.4 Å². The van der Waals surface area contributed by atoms with Crippen LogP contribution < -0.4 is 14.8 Å². The van der Waals surface area contributed by atoms with Crippen LogP contribution in [0.5, 0.6) is 5.75 Å². The van der Waals surface area contributed by atoms with Crippen molar-refractivity contribution < 1.29 is 27.5 Å². The molecule has 0 spiro atoms. The predicted octanol–water partition coefficient (Wildman–Crippen LogP) is 2.59. The third-order valence-corrected chi connectivity index (χ3v) is 5.60. The van der Waals surface area contributed by atoms with E-state index in [0.29, 0.717) is 16.5 Å². The number of hydrogen-bond acceptors (Lipinski definition) is 6. The average molecular weight is 441 g/mol. The summed E-state index contributed by atoms with van der Waals surface area (Å²) in [5.74, 6) is -0.974. The molecule has 0 fully saturated rings. The summed E-state index contributed by atoms with van der Waals surface area (Å²) < 4.78 is 37.0. The number of hydrogen-bond donors (Lipinski definition) is 2. The van der Waals surface area contributed by atoms with E-state index in [1.54, 1.807) is 24.3 Å². The Bertz CT molecular complexity index is 978. The first kappa shape index (κ1) is 22.7. The van der Waals surface area contributed by atoms with E-state index < -0.39 is 34.0 Å². The number of amides is 1. The van der Waals surface area contributed by atoms with Crippen LogP contribution in [0, 0.1) is 0 Å². The first-order chi connectivity index (χ1) is 13.6. The third-order valence-electron chi connectivity index (χ3n) is 3.81. The molecule has 0 saturated carbocycles. The molecule has 0 aromatic heterocycles. The predicted molar refractivity (Wildman–Crippen MR) is 108 cm³/mol. The molecule has 0 aliphatic carbocycles. The highest BCUT2D eigenvalue weighted by atomic mass is 35.5. The van der Waals surface area contributed by atoms with E-state index in [9.17, 15) is 18.0 Å². The fraction of sp³-hybridized carbons (Fsp3) is 0.263. The molecule has 10 heteroatoms. The fourth-order valence-corrected chi connectivity index (χ4v) is 3.63. The summed E-state index contributed by atoms with van der Waals surface area (Å²) in [6.45, 7) is 2.70. The molecule has 2 aromatic carbocycles. The summed E-state index contributed by atoms with van der Waals surface area (Å²) >= 11 is 5.85. The number of nitrogens with one attached hydrogen (secondary N) is 2. The van der Waals surface area contributed by atoms with Crippen LogP contribution in [-0.2, 0) is 24.3 Å². The number of benzene rings is 2. The number of esters is 1. The highest BCUT2D eigenvalue weighted by Crippen LogP contribution is 2.17. The number of ether oxygens (including phenoxy) is 2. The monoisotopic (exact) mass is 440 g/mol. The van der Waals surface area contributed by atoms with Gasteiger partial charge in [-0.15, -0.1) is 0 Å². The zero-order chi connectivity index (χ0) is 21.6. The van der Waals surface area contributed by atoms with Gasteiger partial charge in [-0.3, -0.25) is 9.59 Å². The lowest BCUT2D eigenvalue weighted by atomic mass is 10.3. The van der Waals surface area contributed by atoms with Crippen molar-refractivity contribution in [2.45, 2.75) is 30.9 Å². The molecule has 2 rings (SSSR count). The minimum Gasteiger partial charge on any atom is -0.497 e. The van der Waals surface area contributed by atoms with Crippen LogP contribution in [0.2, 0.25) is 5.02 Å². The van der Waals surface area contributed by atoms with Crippen molar-refractivity contribution in [1.29, 1.82) is 0 Å². The SMILES string of the molecule is COc1ccc(S(=O)(=O)NC(C)C(=O)OC(C)C(=O)Nc2cccc(Cl)c2)cc1. The molecular formula is C19H21ClN2O6S. The Kier molecular flexibility index (Phi) is 7.60.